The van der Waals surface area contributed by atoms with Gasteiger partial charge >= 0.3 is 0 Å². The van der Waals surface area contributed by atoms with E-state index in [2.05, 4.69) is 26.6 Å². The molecule has 1 heterocycles. The summed E-state index contributed by atoms with van der Waals surface area (Å²) in [6.07, 6.45) is 0.209. The van der Waals surface area contributed by atoms with E-state index in [9.17, 15) is 18.0 Å². The van der Waals surface area contributed by atoms with Crippen molar-refractivity contribution in [3.8, 4) is 0 Å². The highest BCUT2D eigenvalue weighted by Crippen LogP contribution is 2.33. The first-order valence-electron chi connectivity index (χ1n) is 8.62. The third-order valence-electron chi connectivity index (χ3n) is 4.25. The van der Waals surface area contributed by atoms with Crippen molar-refractivity contribution in [3.63, 3.8) is 0 Å². The fourth-order valence-corrected chi connectivity index (χ4v) is 5.47. The van der Waals surface area contributed by atoms with Crippen LogP contribution in [0.2, 0.25) is 0 Å². The van der Waals surface area contributed by atoms with Gasteiger partial charge in [-0.05, 0) is 43.3 Å². The van der Waals surface area contributed by atoms with Gasteiger partial charge in [-0.25, -0.2) is 8.42 Å². The van der Waals surface area contributed by atoms with Gasteiger partial charge in [0.25, 0.3) is 0 Å². The average Bonchev–Trinajstić information content (AvgIpc) is 2.81. The van der Waals surface area contributed by atoms with E-state index in [1.54, 1.807) is 24.3 Å². The van der Waals surface area contributed by atoms with Crippen molar-refractivity contribution in [2.24, 2.45) is 0 Å². The van der Waals surface area contributed by atoms with Crippen molar-refractivity contribution in [2.75, 3.05) is 16.4 Å². The molecule has 2 amide bonds. The highest BCUT2D eigenvalue weighted by molar-refractivity contribution is 9.10. The molecule has 2 N–H and O–H groups in total. The fourth-order valence-electron chi connectivity index (χ4n) is 2.76. The molecule has 28 heavy (non-hydrogen) atoms. The second-order valence-corrected chi connectivity index (χ2v) is 10.8. The zero-order valence-corrected chi connectivity index (χ0v) is 18.3. The van der Waals surface area contributed by atoms with Crippen molar-refractivity contribution < 1.29 is 18.0 Å². The number of benzene rings is 2. The van der Waals surface area contributed by atoms with Crippen LogP contribution in [0.1, 0.15) is 19.8 Å². The quantitative estimate of drug-likeness (QED) is 0.669. The number of nitrogens with one attached hydrogen (secondary N) is 2. The molecule has 2 aromatic rings. The van der Waals surface area contributed by atoms with E-state index in [0.717, 1.165) is 9.37 Å². The Morgan fingerprint density at radius 3 is 2.82 bits per heavy atom. The summed E-state index contributed by atoms with van der Waals surface area (Å²) >= 11 is 4.83. The number of amides is 2. The minimum absolute atomic E-state index is 0.0943. The molecule has 2 aromatic carbocycles. The molecule has 0 aromatic heterocycles. The summed E-state index contributed by atoms with van der Waals surface area (Å²) < 4.78 is 26.7. The number of thioether (sulfide) groups is 1. The number of fused-ring (bicyclic) bond motifs is 1. The molecule has 148 valence electrons. The highest BCUT2D eigenvalue weighted by atomic mass is 79.9. The van der Waals surface area contributed by atoms with Gasteiger partial charge in [-0.2, -0.15) is 0 Å². The van der Waals surface area contributed by atoms with E-state index in [0.29, 0.717) is 23.5 Å². The van der Waals surface area contributed by atoms with Crippen LogP contribution >= 0.6 is 27.7 Å². The van der Waals surface area contributed by atoms with Crippen molar-refractivity contribution in [2.45, 2.75) is 34.8 Å². The Balaban J connectivity index is 1.74. The molecule has 1 aliphatic heterocycles. The largest absolute Gasteiger partial charge is 0.326 e. The van der Waals surface area contributed by atoms with Gasteiger partial charge in [-0.3, -0.25) is 9.59 Å². The number of anilines is 2. The molecular weight excluding hydrogens is 464 g/mol. The number of carbonyl (C=O) groups is 2. The lowest BCUT2D eigenvalue weighted by molar-refractivity contribution is -0.116. The van der Waals surface area contributed by atoms with Crippen molar-refractivity contribution >= 4 is 60.7 Å². The summed E-state index contributed by atoms with van der Waals surface area (Å²) in [6, 6.07) is 11.8. The molecule has 9 heteroatoms. The Bertz CT molecular complexity index is 1020. The van der Waals surface area contributed by atoms with E-state index in [4.69, 9.17) is 0 Å². The molecule has 1 unspecified atom stereocenters. The maximum absolute atomic E-state index is 12.9. The molecule has 6 nitrogen and oxygen atoms in total. The Hall–Kier alpha value is -1.84. The number of rotatable bonds is 5. The number of sulfone groups is 1. The first-order valence-corrected chi connectivity index (χ1v) is 11.9. The third kappa shape index (κ3) is 4.95. The Labute approximate surface area is 176 Å². The molecule has 0 saturated heterocycles. The van der Waals surface area contributed by atoms with E-state index in [1.807, 2.05) is 6.07 Å². The molecule has 0 fully saturated rings. The molecule has 0 radical (unpaired) electrons. The Morgan fingerprint density at radius 1 is 1.29 bits per heavy atom. The van der Waals surface area contributed by atoms with E-state index in [-0.39, 0.29) is 23.1 Å². The third-order valence-corrected chi connectivity index (χ3v) is 7.96. The molecular formula is C19H19BrN2O4S2. The minimum atomic E-state index is -3.73. The van der Waals surface area contributed by atoms with Crippen LogP contribution in [0.15, 0.2) is 56.7 Å². The Kier molecular flexibility index (Phi) is 6.47. The van der Waals surface area contributed by atoms with Crippen LogP contribution in [-0.2, 0) is 19.4 Å². The second kappa shape index (κ2) is 8.67. The van der Waals surface area contributed by atoms with Gasteiger partial charge < -0.3 is 10.6 Å². The first-order chi connectivity index (χ1) is 13.3. The number of hydrogen-bond acceptors (Lipinski definition) is 5. The lowest BCUT2D eigenvalue weighted by atomic mass is 10.3. The van der Waals surface area contributed by atoms with Gasteiger partial charge in [-0.1, -0.05) is 22.0 Å². The normalized spacial score (nSPS) is 15.1. The SMILES string of the molecule is CC(CC(=O)Nc1cccc(Br)c1)S(=O)(=O)c1ccc2c(c1)NC(=O)CCS2. The van der Waals surface area contributed by atoms with Crippen LogP contribution in [0.5, 0.6) is 0 Å². The molecule has 0 bridgehead atoms. The maximum Gasteiger partial charge on any atom is 0.225 e. The van der Waals surface area contributed by atoms with Crippen LogP contribution in [0.25, 0.3) is 0 Å². The number of halogens is 1. The summed E-state index contributed by atoms with van der Waals surface area (Å²) in [5.74, 6) is 0.131. The zero-order chi connectivity index (χ0) is 20.3. The van der Waals surface area contributed by atoms with Gasteiger partial charge in [0.15, 0.2) is 9.84 Å². The predicted molar refractivity (Wildman–Crippen MR) is 114 cm³/mol. The summed E-state index contributed by atoms with van der Waals surface area (Å²) in [5, 5.41) is 4.54. The molecule has 0 aliphatic carbocycles. The summed E-state index contributed by atoms with van der Waals surface area (Å²) in [5.41, 5.74) is 1.09. The van der Waals surface area contributed by atoms with Gasteiger partial charge in [0.2, 0.25) is 11.8 Å². The van der Waals surface area contributed by atoms with E-state index >= 15 is 0 Å². The van der Waals surface area contributed by atoms with Gasteiger partial charge in [-0.15, -0.1) is 11.8 Å². The minimum Gasteiger partial charge on any atom is -0.326 e. The summed E-state index contributed by atoms with van der Waals surface area (Å²) in [6.45, 7) is 1.51. The predicted octanol–water partition coefficient (Wildman–Crippen LogP) is 4.07. The fraction of sp³-hybridized carbons (Fsp3) is 0.263. The smallest absolute Gasteiger partial charge is 0.225 e. The first kappa shape index (κ1) is 20.9. The number of hydrogen-bond donors (Lipinski definition) is 2. The second-order valence-electron chi connectivity index (χ2n) is 6.42. The monoisotopic (exact) mass is 482 g/mol. The molecule has 1 aliphatic rings. The van der Waals surface area contributed by atoms with Gasteiger partial charge in [0.1, 0.15) is 0 Å². The highest BCUT2D eigenvalue weighted by Gasteiger charge is 2.27. The standard InChI is InChI=1S/C19H19BrN2O4S2/c1-12(9-19(24)21-14-4-2-3-13(20)10-14)28(25,26)15-5-6-17-16(11-15)22-18(23)7-8-27-17/h2-6,10-12H,7-9H2,1H3,(H,21,24)(H,22,23). The van der Waals surface area contributed by atoms with Crippen LogP contribution < -0.4 is 10.6 Å². The van der Waals surface area contributed by atoms with Crippen LogP contribution in [0, 0.1) is 0 Å². The maximum atomic E-state index is 12.9. The summed E-state index contributed by atoms with van der Waals surface area (Å²) in [4.78, 5) is 25.0. The Morgan fingerprint density at radius 2 is 2.07 bits per heavy atom. The number of carbonyl (C=O) groups excluding carboxylic acids is 2. The van der Waals surface area contributed by atoms with Crippen LogP contribution in [-0.4, -0.2) is 31.2 Å². The zero-order valence-electron chi connectivity index (χ0n) is 15.1. The average molecular weight is 483 g/mol. The van der Waals surface area contributed by atoms with E-state index in [1.165, 1.54) is 30.8 Å². The molecule has 1 atom stereocenters. The van der Waals surface area contributed by atoms with Crippen LogP contribution in [0.4, 0.5) is 11.4 Å². The van der Waals surface area contributed by atoms with Gasteiger partial charge in [0, 0.05) is 33.7 Å². The topological polar surface area (TPSA) is 92.3 Å². The van der Waals surface area contributed by atoms with Crippen molar-refractivity contribution in [3.05, 3.63) is 46.9 Å². The molecule has 0 saturated carbocycles. The lowest BCUT2D eigenvalue weighted by Gasteiger charge is -2.15. The van der Waals surface area contributed by atoms with E-state index < -0.39 is 15.1 Å². The lowest BCUT2D eigenvalue weighted by Crippen LogP contribution is -2.25. The molecule has 0 spiro atoms. The molecule has 3 rings (SSSR count). The van der Waals surface area contributed by atoms with Crippen molar-refractivity contribution in [1.82, 2.24) is 0 Å². The van der Waals surface area contributed by atoms with Gasteiger partial charge in [0.05, 0.1) is 15.8 Å². The van der Waals surface area contributed by atoms with Crippen molar-refractivity contribution in [1.29, 1.82) is 0 Å². The van der Waals surface area contributed by atoms with Crippen LogP contribution in [0.3, 0.4) is 0 Å². The summed E-state index contributed by atoms with van der Waals surface area (Å²) in [7, 11) is -3.73.